The number of rotatable bonds is 5. The zero-order valence-electron chi connectivity index (χ0n) is 13.2. The lowest BCUT2D eigenvalue weighted by atomic mass is 9.95. The molecule has 0 saturated carbocycles. The van der Waals surface area contributed by atoms with E-state index >= 15 is 0 Å². The Morgan fingerprint density at radius 1 is 1.10 bits per heavy atom. The molecule has 0 unspecified atom stereocenters. The molecule has 2 N–H and O–H groups in total. The molecule has 1 atom stereocenters. The number of hydrogen-bond donors (Lipinski definition) is 2. The molecule has 1 aliphatic rings. The van der Waals surface area contributed by atoms with Crippen molar-refractivity contribution in [2.75, 3.05) is 26.2 Å². The van der Waals surface area contributed by atoms with Gasteiger partial charge in [0.25, 0.3) is 0 Å². The van der Waals surface area contributed by atoms with Crippen molar-refractivity contribution in [1.82, 2.24) is 15.2 Å². The maximum Gasteiger partial charge on any atom is 0.0454 e. The second kappa shape index (κ2) is 6.63. The largest absolute Gasteiger partial charge is 0.361 e. The maximum atomic E-state index is 3.46. The number of benzene rings is 1. The van der Waals surface area contributed by atoms with Crippen LogP contribution in [0.3, 0.4) is 0 Å². The van der Waals surface area contributed by atoms with Crippen molar-refractivity contribution < 1.29 is 0 Å². The minimum Gasteiger partial charge on any atom is -0.361 e. The summed E-state index contributed by atoms with van der Waals surface area (Å²) in [5.74, 6) is 0.770. The number of H-pyrrole nitrogens is 1. The topological polar surface area (TPSA) is 31.1 Å². The zero-order valence-corrected chi connectivity index (χ0v) is 13.2. The van der Waals surface area contributed by atoms with Gasteiger partial charge in [0.1, 0.15) is 0 Å². The molecule has 1 saturated heterocycles. The van der Waals surface area contributed by atoms with E-state index in [0.29, 0.717) is 6.04 Å². The average Bonchev–Trinajstić information content (AvgIpc) is 2.96. The molecule has 0 bridgehead atoms. The summed E-state index contributed by atoms with van der Waals surface area (Å²) in [6, 6.07) is 9.66. The Morgan fingerprint density at radius 3 is 2.67 bits per heavy atom. The molecule has 1 aromatic heterocycles. The number of nitrogens with one attached hydrogen (secondary N) is 2. The third kappa shape index (κ3) is 3.47. The SMILES string of the molecule is CC(C)CC[C@@H](c1ccc2[nH]ccc2c1)N1CCNCC1. The number of aromatic amines is 1. The lowest BCUT2D eigenvalue weighted by Gasteiger charge is -2.35. The van der Waals surface area contributed by atoms with Crippen molar-refractivity contribution in [1.29, 1.82) is 0 Å². The molecule has 3 nitrogen and oxygen atoms in total. The lowest BCUT2D eigenvalue weighted by molar-refractivity contribution is 0.160. The smallest absolute Gasteiger partial charge is 0.0454 e. The third-order valence-corrected chi connectivity index (χ3v) is 4.57. The van der Waals surface area contributed by atoms with Crippen molar-refractivity contribution >= 4 is 10.9 Å². The Morgan fingerprint density at radius 2 is 1.90 bits per heavy atom. The Balaban J connectivity index is 1.84. The van der Waals surface area contributed by atoms with Crippen LogP contribution < -0.4 is 5.32 Å². The molecule has 0 amide bonds. The van der Waals surface area contributed by atoms with Gasteiger partial charge in [0.2, 0.25) is 0 Å². The summed E-state index contributed by atoms with van der Waals surface area (Å²) >= 11 is 0. The summed E-state index contributed by atoms with van der Waals surface area (Å²) in [6.07, 6.45) is 4.58. The van der Waals surface area contributed by atoms with E-state index in [0.717, 1.165) is 32.1 Å². The van der Waals surface area contributed by atoms with Crippen LogP contribution in [0.15, 0.2) is 30.5 Å². The van der Waals surface area contributed by atoms with Crippen molar-refractivity contribution in [3.05, 3.63) is 36.0 Å². The third-order valence-electron chi connectivity index (χ3n) is 4.57. The number of hydrogen-bond acceptors (Lipinski definition) is 2. The molecule has 21 heavy (non-hydrogen) atoms. The van der Waals surface area contributed by atoms with E-state index in [9.17, 15) is 0 Å². The highest BCUT2D eigenvalue weighted by atomic mass is 15.2. The standard InChI is InChI=1S/C18H27N3/c1-14(2)3-6-18(21-11-9-19-10-12-21)16-4-5-17-15(13-16)7-8-20-17/h4-5,7-8,13-14,18-20H,3,6,9-12H2,1-2H3/t18-/m0/s1. The maximum absolute atomic E-state index is 3.46. The second-order valence-electron chi connectivity index (χ2n) is 6.60. The van der Waals surface area contributed by atoms with Gasteiger partial charge in [0.15, 0.2) is 0 Å². The van der Waals surface area contributed by atoms with E-state index in [1.165, 1.54) is 29.3 Å². The quantitative estimate of drug-likeness (QED) is 0.880. The van der Waals surface area contributed by atoms with Gasteiger partial charge in [0.05, 0.1) is 0 Å². The van der Waals surface area contributed by atoms with E-state index in [2.05, 4.69) is 53.3 Å². The van der Waals surface area contributed by atoms with Crippen LogP contribution in [-0.4, -0.2) is 36.1 Å². The fraction of sp³-hybridized carbons (Fsp3) is 0.556. The Bertz CT molecular complexity index is 567. The first-order valence-electron chi connectivity index (χ1n) is 8.26. The van der Waals surface area contributed by atoms with Crippen LogP contribution in [0, 0.1) is 5.92 Å². The highest BCUT2D eigenvalue weighted by molar-refractivity contribution is 5.80. The molecule has 0 spiro atoms. The van der Waals surface area contributed by atoms with Gasteiger partial charge < -0.3 is 10.3 Å². The summed E-state index contributed by atoms with van der Waals surface area (Å²) in [7, 11) is 0. The van der Waals surface area contributed by atoms with Crippen LogP contribution >= 0.6 is 0 Å². The van der Waals surface area contributed by atoms with Gasteiger partial charge >= 0.3 is 0 Å². The Labute approximate surface area is 127 Å². The molecule has 0 radical (unpaired) electrons. The van der Waals surface area contributed by atoms with Crippen molar-refractivity contribution in [3.63, 3.8) is 0 Å². The van der Waals surface area contributed by atoms with Gasteiger partial charge in [0, 0.05) is 43.9 Å². The molecular formula is C18H27N3. The van der Waals surface area contributed by atoms with E-state index in [4.69, 9.17) is 0 Å². The second-order valence-corrected chi connectivity index (χ2v) is 6.60. The molecule has 2 heterocycles. The van der Waals surface area contributed by atoms with Crippen molar-refractivity contribution in [2.45, 2.75) is 32.7 Å². The number of aromatic nitrogens is 1. The predicted octanol–water partition coefficient (Wildman–Crippen LogP) is 3.55. The molecule has 3 heteroatoms. The van der Waals surface area contributed by atoms with E-state index in [-0.39, 0.29) is 0 Å². The van der Waals surface area contributed by atoms with E-state index in [1.807, 2.05) is 6.20 Å². The first-order valence-corrected chi connectivity index (χ1v) is 8.26. The van der Waals surface area contributed by atoms with Crippen LogP contribution in [0.1, 0.15) is 38.3 Å². The summed E-state index contributed by atoms with van der Waals surface area (Å²) in [6.45, 7) is 9.20. The first-order chi connectivity index (χ1) is 10.2. The molecule has 0 aliphatic carbocycles. The van der Waals surface area contributed by atoms with Crippen LogP contribution in [0.2, 0.25) is 0 Å². The van der Waals surface area contributed by atoms with Gasteiger partial charge in [-0.05, 0) is 47.9 Å². The number of nitrogens with zero attached hydrogens (tertiary/aromatic N) is 1. The number of piperazine rings is 1. The summed E-state index contributed by atoms with van der Waals surface area (Å²) in [5.41, 5.74) is 2.71. The fourth-order valence-electron chi connectivity index (χ4n) is 3.32. The minimum absolute atomic E-state index is 0.564. The fourth-order valence-corrected chi connectivity index (χ4v) is 3.32. The van der Waals surface area contributed by atoms with Crippen molar-refractivity contribution in [3.8, 4) is 0 Å². The molecule has 1 fully saturated rings. The normalized spacial score (nSPS) is 18.4. The van der Waals surface area contributed by atoms with Gasteiger partial charge in [-0.15, -0.1) is 0 Å². The zero-order chi connectivity index (χ0) is 14.7. The minimum atomic E-state index is 0.564. The number of fused-ring (bicyclic) bond motifs is 1. The molecular weight excluding hydrogens is 258 g/mol. The molecule has 3 rings (SSSR count). The highest BCUT2D eigenvalue weighted by Crippen LogP contribution is 2.29. The van der Waals surface area contributed by atoms with Crippen molar-refractivity contribution in [2.24, 2.45) is 5.92 Å². The summed E-state index contributed by atoms with van der Waals surface area (Å²) < 4.78 is 0. The average molecular weight is 285 g/mol. The molecule has 1 aromatic carbocycles. The molecule has 114 valence electrons. The molecule has 1 aliphatic heterocycles. The van der Waals surface area contributed by atoms with Gasteiger partial charge in [-0.1, -0.05) is 19.9 Å². The van der Waals surface area contributed by atoms with Crippen LogP contribution in [0.5, 0.6) is 0 Å². The van der Waals surface area contributed by atoms with Gasteiger partial charge in [-0.25, -0.2) is 0 Å². The van der Waals surface area contributed by atoms with E-state index in [1.54, 1.807) is 0 Å². The highest BCUT2D eigenvalue weighted by Gasteiger charge is 2.22. The van der Waals surface area contributed by atoms with Crippen LogP contribution in [-0.2, 0) is 0 Å². The van der Waals surface area contributed by atoms with Gasteiger partial charge in [-0.3, -0.25) is 4.90 Å². The van der Waals surface area contributed by atoms with E-state index < -0.39 is 0 Å². The van der Waals surface area contributed by atoms with Crippen LogP contribution in [0.25, 0.3) is 10.9 Å². The van der Waals surface area contributed by atoms with Crippen LogP contribution in [0.4, 0.5) is 0 Å². The Hall–Kier alpha value is -1.32. The Kier molecular flexibility index (Phi) is 4.61. The molecule has 2 aromatic rings. The summed E-state index contributed by atoms with van der Waals surface area (Å²) in [5, 5.41) is 4.80. The lowest BCUT2D eigenvalue weighted by Crippen LogP contribution is -2.45. The monoisotopic (exact) mass is 285 g/mol. The predicted molar refractivity (Wildman–Crippen MR) is 89.6 cm³/mol. The van der Waals surface area contributed by atoms with Gasteiger partial charge in [-0.2, -0.15) is 0 Å². The summed E-state index contributed by atoms with van der Waals surface area (Å²) in [4.78, 5) is 5.95. The first kappa shape index (κ1) is 14.6.